The van der Waals surface area contributed by atoms with Crippen molar-refractivity contribution in [1.29, 1.82) is 0 Å². The molecule has 0 saturated heterocycles. The minimum atomic E-state index is 0.0912. The van der Waals surface area contributed by atoms with E-state index in [0.29, 0.717) is 12.6 Å². The molecule has 4 heteroatoms. The van der Waals surface area contributed by atoms with Crippen molar-refractivity contribution in [2.45, 2.75) is 32.2 Å². The van der Waals surface area contributed by atoms with Crippen molar-refractivity contribution in [3.05, 3.63) is 41.6 Å². The first-order chi connectivity index (χ1) is 10.7. The summed E-state index contributed by atoms with van der Waals surface area (Å²) in [7, 11) is 0. The number of rotatable bonds is 2. The molecule has 2 aromatic rings. The Bertz CT molecular complexity index is 755. The van der Waals surface area contributed by atoms with Gasteiger partial charge in [0.15, 0.2) is 0 Å². The SMILES string of the molecule is Cc1[nH]c2ccccc2c1C1=CCN(C(=O)NC2CC2)CC1. The third-order valence-electron chi connectivity index (χ3n) is 4.62. The van der Waals surface area contributed by atoms with Crippen molar-refractivity contribution in [3.63, 3.8) is 0 Å². The molecule has 2 heterocycles. The zero-order valence-electron chi connectivity index (χ0n) is 12.9. The number of H-pyrrole nitrogens is 1. The highest BCUT2D eigenvalue weighted by Crippen LogP contribution is 2.32. The van der Waals surface area contributed by atoms with Crippen molar-refractivity contribution in [3.8, 4) is 0 Å². The number of fused-ring (bicyclic) bond motifs is 1. The molecule has 1 fully saturated rings. The largest absolute Gasteiger partial charge is 0.358 e. The number of urea groups is 1. The van der Waals surface area contributed by atoms with Crippen molar-refractivity contribution in [1.82, 2.24) is 15.2 Å². The highest BCUT2D eigenvalue weighted by atomic mass is 16.2. The van der Waals surface area contributed by atoms with Gasteiger partial charge in [0.1, 0.15) is 0 Å². The molecule has 0 unspecified atom stereocenters. The topological polar surface area (TPSA) is 48.1 Å². The third-order valence-corrected chi connectivity index (χ3v) is 4.62. The smallest absolute Gasteiger partial charge is 0.317 e. The van der Waals surface area contributed by atoms with Gasteiger partial charge in [0.25, 0.3) is 0 Å². The lowest BCUT2D eigenvalue weighted by Gasteiger charge is -2.27. The van der Waals surface area contributed by atoms with E-state index in [-0.39, 0.29) is 6.03 Å². The standard InChI is InChI=1S/C18H21N3O/c1-12-17(15-4-2-3-5-16(15)19-12)13-8-10-21(11-9-13)18(22)20-14-6-7-14/h2-5,8,14,19H,6-7,9-11H2,1H3,(H,20,22). The van der Waals surface area contributed by atoms with Gasteiger partial charge in [0.05, 0.1) is 0 Å². The molecule has 4 rings (SSSR count). The van der Waals surface area contributed by atoms with Gasteiger partial charge in [0.2, 0.25) is 0 Å². The highest BCUT2D eigenvalue weighted by molar-refractivity contribution is 5.94. The Morgan fingerprint density at radius 1 is 1.32 bits per heavy atom. The van der Waals surface area contributed by atoms with Crippen molar-refractivity contribution < 1.29 is 4.79 Å². The third kappa shape index (κ3) is 2.39. The van der Waals surface area contributed by atoms with E-state index >= 15 is 0 Å². The number of aromatic amines is 1. The van der Waals surface area contributed by atoms with Crippen LogP contribution in [0, 0.1) is 6.92 Å². The predicted octanol–water partition coefficient (Wildman–Crippen LogP) is 3.44. The van der Waals surface area contributed by atoms with Crippen LogP contribution in [-0.2, 0) is 0 Å². The summed E-state index contributed by atoms with van der Waals surface area (Å²) in [5, 5.41) is 4.35. The van der Waals surface area contributed by atoms with Gasteiger partial charge in [-0.3, -0.25) is 0 Å². The Hall–Kier alpha value is -2.23. The molecule has 0 atom stereocenters. The maximum Gasteiger partial charge on any atom is 0.317 e. The number of benzene rings is 1. The maximum absolute atomic E-state index is 12.1. The van der Waals surface area contributed by atoms with Crippen LogP contribution in [0.15, 0.2) is 30.3 Å². The van der Waals surface area contributed by atoms with Gasteiger partial charge in [0, 0.05) is 41.3 Å². The number of carbonyl (C=O) groups is 1. The van der Waals surface area contributed by atoms with Crippen LogP contribution in [0.2, 0.25) is 0 Å². The number of amides is 2. The normalized spacial score (nSPS) is 18.4. The lowest BCUT2D eigenvalue weighted by atomic mass is 9.97. The van der Waals surface area contributed by atoms with Crippen molar-refractivity contribution in [2.75, 3.05) is 13.1 Å². The Labute approximate surface area is 130 Å². The number of hydrogen-bond donors (Lipinski definition) is 2. The van der Waals surface area contributed by atoms with Crippen LogP contribution in [0.4, 0.5) is 4.79 Å². The molecular weight excluding hydrogens is 274 g/mol. The second kappa shape index (κ2) is 5.20. The van der Waals surface area contributed by atoms with Crippen LogP contribution < -0.4 is 5.32 Å². The first-order valence-electron chi connectivity index (χ1n) is 8.04. The van der Waals surface area contributed by atoms with Crippen molar-refractivity contribution >= 4 is 22.5 Å². The molecule has 4 nitrogen and oxygen atoms in total. The Morgan fingerprint density at radius 2 is 2.14 bits per heavy atom. The van der Waals surface area contributed by atoms with Crippen LogP contribution in [-0.4, -0.2) is 35.0 Å². The summed E-state index contributed by atoms with van der Waals surface area (Å²) < 4.78 is 0. The molecule has 2 aliphatic rings. The van der Waals surface area contributed by atoms with E-state index in [4.69, 9.17) is 0 Å². The summed E-state index contributed by atoms with van der Waals surface area (Å²) in [5.74, 6) is 0. The van der Waals surface area contributed by atoms with E-state index in [1.54, 1.807) is 0 Å². The fourth-order valence-corrected chi connectivity index (χ4v) is 3.26. The molecule has 0 spiro atoms. The number of nitrogens with zero attached hydrogens (tertiary/aromatic N) is 1. The molecule has 0 radical (unpaired) electrons. The molecule has 2 amide bonds. The van der Waals surface area contributed by atoms with Crippen LogP contribution >= 0.6 is 0 Å². The zero-order chi connectivity index (χ0) is 15.1. The number of hydrogen-bond acceptors (Lipinski definition) is 1. The highest BCUT2D eigenvalue weighted by Gasteiger charge is 2.27. The molecule has 1 aromatic heterocycles. The van der Waals surface area contributed by atoms with Gasteiger partial charge >= 0.3 is 6.03 Å². The molecule has 0 bridgehead atoms. The molecule has 1 aromatic carbocycles. The second-order valence-electron chi connectivity index (χ2n) is 6.32. The second-order valence-corrected chi connectivity index (χ2v) is 6.32. The molecule has 114 valence electrons. The van der Waals surface area contributed by atoms with E-state index in [2.05, 4.69) is 47.6 Å². The zero-order valence-corrected chi connectivity index (χ0v) is 12.9. The monoisotopic (exact) mass is 295 g/mol. The number of aromatic nitrogens is 1. The predicted molar refractivity (Wildman–Crippen MR) is 88.8 cm³/mol. The first kappa shape index (κ1) is 13.4. The van der Waals surface area contributed by atoms with E-state index in [0.717, 1.165) is 25.8 Å². The van der Waals surface area contributed by atoms with Crippen LogP contribution in [0.1, 0.15) is 30.5 Å². The minimum Gasteiger partial charge on any atom is -0.358 e. The summed E-state index contributed by atoms with van der Waals surface area (Å²) in [5.41, 5.74) is 5.07. The number of carbonyl (C=O) groups excluding carboxylic acids is 1. The summed E-state index contributed by atoms with van der Waals surface area (Å²) in [6, 6.07) is 8.94. The number of aryl methyl sites for hydroxylation is 1. The van der Waals surface area contributed by atoms with Gasteiger partial charge in [-0.15, -0.1) is 0 Å². The fourth-order valence-electron chi connectivity index (χ4n) is 3.26. The Balaban J connectivity index is 1.57. The average Bonchev–Trinajstić information content (AvgIpc) is 3.27. The molecule has 22 heavy (non-hydrogen) atoms. The van der Waals surface area contributed by atoms with Gasteiger partial charge in [-0.25, -0.2) is 4.79 Å². The van der Waals surface area contributed by atoms with E-state index in [9.17, 15) is 4.79 Å². The van der Waals surface area contributed by atoms with Gasteiger partial charge in [-0.05, 0) is 37.8 Å². The van der Waals surface area contributed by atoms with Crippen molar-refractivity contribution in [2.24, 2.45) is 0 Å². The average molecular weight is 295 g/mol. The lowest BCUT2D eigenvalue weighted by molar-refractivity contribution is 0.202. The van der Waals surface area contributed by atoms with Crippen LogP contribution in [0.5, 0.6) is 0 Å². The minimum absolute atomic E-state index is 0.0912. The van der Waals surface area contributed by atoms with E-state index in [1.807, 2.05) is 4.90 Å². The quantitative estimate of drug-likeness (QED) is 0.876. The first-order valence-corrected chi connectivity index (χ1v) is 8.04. The molecule has 1 aliphatic carbocycles. The number of para-hydroxylation sites is 1. The number of nitrogens with one attached hydrogen (secondary N) is 2. The maximum atomic E-state index is 12.1. The van der Waals surface area contributed by atoms with Gasteiger partial charge in [-0.1, -0.05) is 24.3 Å². The van der Waals surface area contributed by atoms with Crippen LogP contribution in [0.3, 0.4) is 0 Å². The fraction of sp³-hybridized carbons (Fsp3) is 0.389. The van der Waals surface area contributed by atoms with Crippen LogP contribution in [0.25, 0.3) is 16.5 Å². The summed E-state index contributed by atoms with van der Waals surface area (Å²) in [6.07, 6.45) is 5.39. The lowest BCUT2D eigenvalue weighted by Crippen LogP contribution is -2.42. The summed E-state index contributed by atoms with van der Waals surface area (Å²) >= 11 is 0. The molecule has 2 N–H and O–H groups in total. The molecule has 1 saturated carbocycles. The molecular formula is C18H21N3O. The van der Waals surface area contributed by atoms with Gasteiger partial charge in [-0.2, -0.15) is 0 Å². The Kier molecular flexibility index (Phi) is 3.17. The summed E-state index contributed by atoms with van der Waals surface area (Å²) in [4.78, 5) is 17.5. The Morgan fingerprint density at radius 3 is 2.86 bits per heavy atom. The summed E-state index contributed by atoms with van der Waals surface area (Å²) in [6.45, 7) is 3.62. The molecule has 1 aliphatic heterocycles. The van der Waals surface area contributed by atoms with Gasteiger partial charge < -0.3 is 15.2 Å². The van der Waals surface area contributed by atoms with E-state index < -0.39 is 0 Å². The van der Waals surface area contributed by atoms with E-state index in [1.165, 1.54) is 27.7 Å².